The SMILES string of the molecule is Cc1cc(-c2ccccc2)ccc1N1c2cc3c(cc2B2c4c1cc1c(c4-c4cc(-c5ccccc5)ccc4N2c2ccc4c(c2)C(C)(C)CCC4(C)C)-c2ccccc2C1(C)C)C(C)(C)CCC3(C)C. The quantitative estimate of drug-likeness (QED) is 0.162. The molecule has 71 heavy (non-hydrogen) atoms. The average molecular weight is 923 g/mol. The second kappa shape index (κ2) is 15.0. The summed E-state index contributed by atoms with van der Waals surface area (Å²) in [5.41, 5.74) is 29.6. The number of nitrogens with zero attached hydrogens (tertiary/aromatic N) is 2. The number of anilines is 5. The topological polar surface area (TPSA) is 6.48 Å². The Bertz CT molecular complexity index is 3530. The van der Waals surface area contributed by atoms with Crippen molar-refractivity contribution in [2.75, 3.05) is 9.71 Å². The minimum absolute atomic E-state index is 0.0192. The van der Waals surface area contributed by atoms with Crippen LogP contribution in [-0.2, 0) is 27.1 Å². The summed E-state index contributed by atoms with van der Waals surface area (Å²) in [6.45, 7) is 27.0. The second-order valence-corrected chi connectivity index (χ2v) is 25.1. The van der Waals surface area contributed by atoms with Crippen LogP contribution in [0.1, 0.15) is 134 Å². The van der Waals surface area contributed by atoms with Gasteiger partial charge in [-0.05, 0) is 192 Å². The molecule has 0 atom stereocenters. The highest BCUT2D eigenvalue weighted by atomic mass is 15.2. The van der Waals surface area contributed by atoms with Gasteiger partial charge in [0.2, 0.25) is 0 Å². The minimum Gasteiger partial charge on any atom is -0.376 e. The Balaban J connectivity index is 1.20. The Labute approximate surface area is 423 Å². The van der Waals surface area contributed by atoms with E-state index in [1.807, 2.05) is 0 Å². The molecule has 2 nitrogen and oxygen atoms in total. The van der Waals surface area contributed by atoms with Crippen LogP contribution >= 0.6 is 0 Å². The van der Waals surface area contributed by atoms with Gasteiger partial charge in [-0.1, -0.05) is 178 Å². The summed E-state index contributed by atoms with van der Waals surface area (Å²) in [4.78, 5) is 5.51. The summed E-state index contributed by atoms with van der Waals surface area (Å²) in [5.74, 6) is 0. The number of fused-ring (bicyclic) bond motifs is 10. The minimum atomic E-state index is -0.224. The van der Waals surface area contributed by atoms with Gasteiger partial charge in [-0.15, -0.1) is 0 Å². The fourth-order valence-electron chi connectivity index (χ4n) is 14.1. The van der Waals surface area contributed by atoms with E-state index in [9.17, 15) is 0 Å². The predicted octanol–water partition coefficient (Wildman–Crippen LogP) is 17.0. The zero-order valence-electron chi connectivity index (χ0n) is 43.8. The van der Waals surface area contributed by atoms with E-state index >= 15 is 0 Å². The van der Waals surface area contributed by atoms with Gasteiger partial charge in [0, 0.05) is 39.4 Å². The molecular weight excluding hydrogens is 856 g/mol. The lowest BCUT2D eigenvalue weighted by molar-refractivity contribution is 0.332. The zero-order chi connectivity index (χ0) is 49.1. The summed E-state index contributed by atoms with van der Waals surface area (Å²) in [6.07, 6.45) is 4.68. The number of rotatable bonds is 4. The van der Waals surface area contributed by atoms with Crippen LogP contribution < -0.4 is 20.6 Å². The molecule has 0 radical (unpaired) electrons. The maximum Gasteiger partial charge on any atom is 0.333 e. The van der Waals surface area contributed by atoms with Gasteiger partial charge in [-0.3, -0.25) is 0 Å². The van der Waals surface area contributed by atoms with Gasteiger partial charge in [0.25, 0.3) is 0 Å². The van der Waals surface area contributed by atoms with Crippen molar-refractivity contribution in [3.05, 3.63) is 197 Å². The van der Waals surface area contributed by atoms with E-state index in [2.05, 4.69) is 244 Å². The van der Waals surface area contributed by atoms with E-state index in [1.54, 1.807) is 0 Å². The van der Waals surface area contributed by atoms with E-state index in [1.165, 1.54) is 136 Å². The zero-order valence-corrected chi connectivity index (χ0v) is 43.8. The molecule has 5 aliphatic rings. The summed E-state index contributed by atoms with van der Waals surface area (Å²) in [6, 6.07) is 61.5. The van der Waals surface area contributed by atoms with Crippen molar-refractivity contribution in [2.45, 2.75) is 129 Å². The fraction of sp³-hybridized carbons (Fsp3) is 0.294. The van der Waals surface area contributed by atoms with Crippen LogP contribution in [0.5, 0.6) is 0 Å². The Hall–Kier alpha value is -6.58. The summed E-state index contributed by atoms with van der Waals surface area (Å²) < 4.78 is 0. The predicted molar refractivity (Wildman–Crippen MR) is 304 cm³/mol. The first kappa shape index (κ1) is 44.4. The van der Waals surface area contributed by atoms with Crippen LogP contribution in [-0.4, -0.2) is 6.85 Å². The average Bonchev–Trinajstić information content (AvgIpc) is 3.59. The van der Waals surface area contributed by atoms with E-state index < -0.39 is 0 Å². The van der Waals surface area contributed by atoms with E-state index in [4.69, 9.17) is 0 Å². The summed E-state index contributed by atoms with van der Waals surface area (Å²) in [7, 11) is 0. The first-order valence-corrected chi connectivity index (χ1v) is 26.5. The molecule has 8 aromatic rings. The molecule has 0 saturated heterocycles. The summed E-state index contributed by atoms with van der Waals surface area (Å²) >= 11 is 0. The van der Waals surface area contributed by atoms with Gasteiger partial charge >= 0.3 is 6.85 Å². The van der Waals surface area contributed by atoms with E-state index in [0.717, 1.165) is 12.8 Å². The number of benzene rings is 8. The van der Waals surface area contributed by atoms with Crippen LogP contribution in [0.4, 0.5) is 28.4 Å². The maximum atomic E-state index is 2.79. The Morgan fingerprint density at radius 1 is 0.380 bits per heavy atom. The first-order chi connectivity index (χ1) is 33.9. The van der Waals surface area contributed by atoms with Crippen molar-refractivity contribution in [1.29, 1.82) is 0 Å². The standard InChI is InChI=1S/C68H67BN2/c1-42-36-45(43-20-14-12-15-21-43)26-30-57(42)70-59-40-54-53(66(6,7)34-35-67(54,8)9)39-56(59)69-63-60(70)41-55-61(48-24-18-19-25-50(48)68(55,10)11)62(63)49-37-46(44-22-16-13-17-23-44)27-31-58(49)71(69)47-28-29-51-52(38-47)65(4,5)33-32-64(51,2)3/h12-31,36-41H,32-35H2,1-11H3. The fourth-order valence-corrected chi connectivity index (χ4v) is 14.1. The lowest BCUT2D eigenvalue weighted by Crippen LogP contribution is -2.62. The van der Waals surface area contributed by atoms with Crippen molar-refractivity contribution in [2.24, 2.45) is 0 Å². The third kappa shape index (κ3) is 6.40. The number of hydrogen-bond acceptors (Lipinski definition) is 2. The normalized spacial score (nSPS) is 18.6. The van der Waals surface area contributed by atoms with Gasteiger partial charge < -0.3 is 9.71 Å². The highest BCUT2D eigenvalue weighted by molar-refractivity contribution is 6.93. The largest absolute Gasteiger partial charge is 0.376 e. The van der Waals surface area contributed by atoms with E-state index in [0.29, 0.717) is 0 Å². The lowest BCUT2D eigenvalue weighted by Gasteiger charge is -2.49. The van der Waals surface area contributed by atoms with Gasteiger partial charge in [0.15, 0.2) is 0 Å². The third-order valence-electron chi connectivity index (χ3n) is 18.5. The van der Waals surface area contributed by atoms with Gasteiger partial charge in [-0.2, -0.15) is 0 Å². The molecule has 0 fully saturated rings. The van der Waals surface area contributed by atoms with Gasteiger partial charge in [0.05, 0.1) is 0 Å². The van der Waals surface area contributed by atoms with Crippen LogP contribution in [0.2, 0.25) is 0 Å². The first-order valence-electron chi connectivity index (χ1n) is 26.5. The molecule has 2 aliphatic heterocycles. The molecule has 0 saturated carbocycles. The molecule has 0 bridgehead atoms. The van der Waals surface area contributed by atoms with Crippen molar-refractivity contribution >= 4 is 46.2 Å². The van der Waals surface area contributed by atoms with Crippen molar-refractivity contribution in [3.8, 4) is 44.5 Å². The molecule has 0 aromatic heterocycles. The lowest BCUT2D eigenvalue weighted by atomic mass is 9.42. The highest BCUT2D eigenvalue weighted by Gasteiger charge is 2.51. The molecular formula is C68H67BN2. The Morgan fingerprint density at radius 2 is 0.915 bits per heavy atom. The van der Waals surface area contributed by atoms with Crippen LogP contribution in [0, 0.1) is 6.92 Å². The molecule has 0 N–H and O–H groups in total. The number of aryl methyl sites for hydroxylation is 1. The molecule has 2 heterocycles. The monoisotopic (exact) mass is 923 g/mol. The van der Waals surface area contributed by atoms with Crippen molar-refractivity contribution < 1.29 is 0 Å². The summed E-state index contributed by atoms with van der Waals surface area (Å²) in [5, 5.41) is 0. The van der Waals surface area contributed by atoms with Crippen molar-refractivity contribution in [3.63, 3.8) is 0 Å². The van der Waals surface area contributed by atoms with Crippen LogP contribution in [0.25, 0.3) is 44.5 Å². The molecule has 0 amide bonds. The van der Waals surface area contributed by atoms with Gasteiger partial charge in [0.1, 0.15) is 0 Å². The molecule has 352 valence electrons. The molecule has 0 unspecified atom stereocenters. The van der Waals surface area contributed by atoms with Crippen LogP contribution in [0.15, 0.2) is 158 Å². The second-order valence-electron chi connectivity index (χ2n) is 25.1. The third-order valence-corrected chi connectivity index (χ3v) is 18.5. The smallest absolute Gasteiger partial charge is 0.333 e. The van der Waals surface area contributed by atoms with Crippen molar-refractivity contribution in [1.82, 2.24) is 0 Å². The Morgan fingerprint density at radius 3 is 1.55 bits per heavy atom. The highest BCUT2D eigenvalue weighted by Crippen LogP contribution is 2.59. The Kier molecular flexibility index (Phi) is 9.37. The maximum absolute atomic E-state index is 2.79. The van der Waals surface area contributed by atoms with E-state index in [-0.39, 0.29) is 33.9 Å². The van der Waals surface area contributed by atoms with Crippen LogP contribution in [0.3, 0.4) is 0 Å². The molecule has 0 spiro atoms. The molecule has 3 aliphatic carbocycles. The molecule has 8 aromatic carbocycles. The molecule has 3 heteroatoms. The molecule has 13 rings (SSSR count). The van der Waals surface area contributed by atoms with Gasteiger partial charge in [-0.25, -0.2) is 0 Å². The number of hydrogen-bond donors (Lipinski definition) is 0.